The zero-order chi connectivity index (χ0) is 101. The van der Waals surface area contributed by atoms with Crippen LogP contribution in [0.3, 0.4) is 0 Å². The molecule has 0 aliphatic rings. The van der Waals surface area contributed by atoms with Crippen LogP contribution in [0.1, 0.15) is 76.7 Å². The molecule has 0 aliphatic carbocycles. The Morgan fingerprint density at radius 3 is 0.972 bits per heavy atom. The van der Waals surface area contributed by atoms with Gasteiger partial charge >= 0.3 is 12.7 Å². The predicted octanol–water partition coefficient (Wildman–Crippen LogP) is 24.4. The summed E-state index contributed by atoms with van der Waals surface area (Å²) in [6.45, 7) is 6.08. The maximum absolute atomic E-state index is 14.5. The monoisotopic (exact) mass is 1940 g/mol. The molecule has 0 unspecified atom stereocenters. The lowest BCUT2D eigenvalue weighted by Crippen LogP contribution is -2.19. The lowest BCUT2D eigenvalue weighted by Gasteiger charge is -2.14. The van der Waals surface area contributed by atoms with Gasteiger partial charge in [0.05, 0.1) is 120 Å². The zero-order valence-electron chi connectivity index (χ0n) is 75.6. The number of amides is 4. The van der Waals surface area contributed by atoms with Crippen molar-refractivity contribution in [2.45, 2.75) is 54.3 Å². The molecule has 0 aliphatic heterocycles. The minimum absolute atomic E-state index is 0.0105. The highest BCUT2D eigenvalue weighted by molar-refractivity contribution is 6.09. The molecule has 714 valence electrons. The molecule has 6 aromatic carbocycles. The van der Waals surface area contributed by atoms with Crippen molar-refractivity contribution in [3.8, 4) is 102 Å². The first-order chi connectivity index (χ1) is 68.8. The molecule has 0 spiro atoms. The van der Waals surface area contributed by atoms with E-state index in [9.17, 15) is 76.3 Å². The maximum Gasteiger partial charge on any atom is 0.394 e. The molecule has 0 bridgehead atoms. The largest absolute Gasteiger partial charge is 0.433 e. The molecule has 20 aromatic rings. The summed E-state index contributed by atoms with van der Waals surface area (Å²) in [5.74, 6) is -9.07. The first-order valence-electron chi connectivity index (χ1n) is 43.3. The van der Waals surface area contributed by atoms with E-state index in [1.54, 1.807) is 218 Å². The van der Waals surface area contributed by atoms with Crippen molar-refractivity contribution in [1.82, 2.24) is 67.4 Å². The summed E-state index contributed by atoms with van der Waals surface area (Å²) in [6, 6.07) is 52.8. The van der Waals surface area contributed by atoms with Gasteiger partial charge in [0.15, 0.2) is 46.5 Å². The standard InChI is InChI=1S/C28H20F4N4O2.C27H19F3N4O.C26H17F4N5O2.C25H17F2N5O/c1-16-22(27(37)35-18-6-3-7-19(13-18)38-28(2,31)32)12-17(14-33-16)20-9-5-11-36-24(20)15-34-26(36)21-8-4-10-23(29)25(21)30;1-15-8-9-18(12-23(15)29)33-27(35)21-11-17(13-31-16(21)2)19-6-4-10-34-24(19)14-32-26(34)20-5-3-7-22(28)25(20)30;1-14-19(25(36)34-22-8-7-16(12-32-22)37-26(29)30)10-15(11-31-14)17-5-3-9-35-21(17)13-33-24(35)18-4-2-6-20(27)23(18)28;1-15-20(25(33)31-17-7-9-28-10-8-17)12-16(13-29-15)18-5-3-11-32-22(18)14-30-24(32)19-4-2-6-21(26)23(19)27/h3-15H,1-2H3,(H,35,37);3-14H,1-2H3,(H,33,35);2-13,26H,1H3,(H,32,34,36);2-14H,1H3,(H,28,31,33). The summed E-state index contributed by atoms with van der Waals surface area (Å²) in [5.41, 5.74) is 12.8. The fourth-order valence-electron chi connectivity index (χ4n) is 15.6. The number of carbonyl (C=O) groups is 4. The summed E-state index contributed by atoms with van der Waals surface area (Å²) in [5, 5.41) is 10.8. The molecule has 0 saturated heterocycles. The van der Waals surface area contributed by atoms with Gasteiger partial charge in [-0.25, -0.2) is 64.4 Å². The summed E-state index contributed by atoms with van der Waals surface area (Å²) < 4.78 is 193. The normalized spacial score (nSPS) is 11.2. The third kappa shape index (κ3) is 20.9. The van der Waals surface area contributed by atoms with E-state index >= 15 is 0 Å². The number of alkyl halides is 4. The van der Waals surface area contributed by atoms with Gasteiger partial charge in [-0.2, -0.15) is 17.6 Å². The highest BCUT2D eigenvalue weighted by Crippen LogP contribution is 2.39. The number of benzene rings is 6. The van der Waals surface area contributed by atoms with E-state index in [0.29, 0.717) is 119 Å². The molecule has 0 fully saturated rings. The first kappa shape index (κ1) is 96.2. The topological polar surface area (TPSA) is 281 Å². The Balaban J connectivity index is 0.000000131. The number of rotatable bonds is 20. The number of aromatic nitrogens is 14. The number of fused-ring (bicyclic) bond motifs is 4. The highest BCUT2D eigenvalue weighted by Gasteiger charge is 2.28. The average Bonchev–Trinajstić information content (AvgIpc) is 1.65. The van der Waals surface area contributed by atoms with Crippen molar-refractivity contribution in [3.63, 3.8) is 0 Å². The predicted molar refractivity (Wildman–Crippen MR) is 510 cm³/mol. The Hall–Kier alpha value is -18.5. The minimum Gasteiger partial charge on any atom is -0.433 e. The van der Waals surface area contributed by atoms with Gasteiger partial charge in [0.1, 0.15) is 46.4 Å². The number of imidazole rings is 4. The molecule has 24 nitrogen and oxygen atoms in total. The van der Waals surface area contributed by atoms with Crippen LogP contribution in [0.2, 0.25) is 0 Å². The van der Waals surface area contributed by atoms with Crippen LogP contribution in [-0.4, -0.2) is 104 Å². The summed E-state index contributed by atoms with van der Waals surface area (Å²) >= 11 is 0. The Morgan fingerprint density at radius 1 is 0.315 bits per heavy atom. The summed E-state index contributed by atoms with van der Waals surface area (Å²) in [7, 11) is 0. The van der Waals surface area contributed by atoms with Crippen LogP contribution in [0, 0.1) is 87.0 Å². The van der Waals surface area contributed by atoms with Crippen LogP contribution in [0.15, 0.2) is 305 Å². The number of anilines is 4. The molecule has 4 N–H and O–H groups in total. The Kier molecular flexibility index (Phi) is 27.6. The molecule has 0 radical (unpaired) electrons. The molecule has 14 heterocycles. The van der Waals surface area contributed by atoms with Gasteiger partial charge in [0, 0.05) is 137 Å². The fourth-order valence-corrected chi connectivity index (χ4v) is 15.6. The Morgan fingerprint density at radius 2 is 0.643 bits per heavy atom. The van der Waals surface area contributed by atoms with Crippen molar-refractivity contribution in [2.75, 3.05) is 21.3 Å². The number of halogens is 13. The maximum atomic E-state index is 14.5. The van der Waals surface area contributed by atoms with E-state index in [0.717, 1.165) is 36.0 Å². The van der Waals surface area contributed by atoms with Crippen LogP contribution in [-0.2, 0) is 0 Å². The van der Waals surface area contributed by atoms with Crippen LogP contribution < -0.4 is 30.7 Å². The average molecular weight is 1940 g/mol. The molecule has 37 heteroatoms. The molecule has 4 amide bonds. The van der Waals surface area contributed by atoms with Crippen LogP contribution in [0.4, 0.5) is 80.0 Å². The lowest BCUT2D eigenvalue weighted by atomic mass is 10.0. The molecule has 20 rings (SSSR count). The molecular formula is C106H73F13N18O6. The van der Waals surface area contributed by atoms with Crippen LogP contribution >= 0.6 is 0 Å². The third-order valence-corrected chi connectivity index (χ3v) is 22.6. The molecule has 0 atom stereocenters. The number of nitrogens with one attached hydrogen (secondary N) is 4. The quantitative estimate of drug-likeness (QED) is 0.0516. The van der Waals surface area contributed by atoms with Crippen molar-refractivity contribution in [3.05, 3.63) is 408 Å². The van der Waals surface area contributed by atoms with Gasteiger partial charge in [0.2, 0.25) is 0 Å². The van der Waals surface area contributed by atoms with Crippen molar-refractivity contribution < 1.29 is 85.7 Å². The number of hydrogen-bond acceptors (Lipinski definition) is 16. The van der Waals surface area contributed by atoms with Gasteiger partial charge < -0.3 is 30.7 Å². The van der Waals surface area contributed by atoms with Crippen LogP contribution in [0.25, 0.3) is 112 Å². The number of aryl methyl sites for hydroxylation is 5. The number of nitrogens with zero attached hydrogens (tertiary/aromatic N) is 14. The second-order valence-corrected chi connectivity index (χ2v) is 32.1. The SMILES string of the molecule is Cc1ccc(NC(=O)c2cc(-c3cccn4c(-c5cccc(F)c5F)ncc34)cnc2C)cc1F.Cc1ncc(-c2cccn3c(-c4cccc(F)c4F)ncc23)cc1C(=O)Nc1ccc(OC(F)F)cn1.Cc1ncc(-c2cccn3c(-c4cccc(F)c4F)ncc23)cc1C(=O)Nc1cccc(OC(C)(F)F)c1.Cc1ncc(-c2cccn3c(-c4cccc(F)c4F)ncc23)cc1C(=O)Nc1ccncc1. The lowest BCUT2D eigenvalue weighted by molar-refractivity contribution is -0.158. The van der Waals surface area contributed by atoms with Crippen molar-refractivity contribution >= 4 is 68.6 Å². The number of carbonyl (C=O) groups excluding carboxylic acids is 4. The number of hydrogen-bond donors (Lipinski definition) is 4. The van der Waals surface area contributed by atoms with Gasteiger partial charge in [-0.1, -0.05) is 60.7 Å². The fraction of sp³-hybridized carbons (Fsp3) is 0.0755. The van der Waals surface area contributed by atoms with Crippen molar-refractivity contribution in [2.24, 2.45) is 0 Å². The summed E-state index contributed by atoms with van der Waals surface area (Å²) in [6.07, 6.45) is 20.4. The zero-order valence-corrected chi connectivity index (χ0v) is 75.6. The van der Waals surface area contributed by atoms with Gasteiger partial charge in [-0.3, -0.25) is 61.7 Å². The highest BCUT2D eigenvalue weighted by atomic mass is 19.3. The van der Waals surface area contributed by atoms with E-state index in [4.69, 9.17) is 0 Å². The second kappa shape index (κ2) is 41.1. The molecule has 14 aromatic heterocycles. The molecule has 143 heavy (non-hydrogen) atoms. The van der Waals surface area contributed by atoms with E-state index in [1.807, 2.05) is 12.1 Å². The minimum atomic E-state index is -3.37. The number of pyridine rings is 10. The van der Waals surface area contributed by atoms with Crippen molar-refractivity contribution in [1.29, 1.82) is 0 Å². The van der Waals surface area contributed by atoms with E-state index < -0.39 is 82.8 Å². The Labute approximate surface area is 803 Å². The smallest absolute Gasteiger partial charge is 0.394 e. The second-order valence-electron chi connectivity index (χ2n) is 32.1. The van der Waals surface area contributed by atoms with Gasteiger partial charge in [-0.05, 0) is 186 Å². The van der Waals surface area contributed by atoms with E-state index in [1.165, 1.54) is 97.3 Å². The molecule has 0 saturated carbocycles. The van der Waals surface area contributed by atoms with Gasteiger partial charge in [0.25, 0.3) is 23.6 Å². The summed E-state index contributed by atoms with van der Waals surface area (Å²) in [4.78, 5) is 94.5. The third-order valence-electron chi connectivity index (χ3n) is 22.6. The Bertz CT molecular complexity index is 8330. The van der Waals surface area contributed by atoms with E-state index in [-0.39, 0.29) is 85.6 Å². The van der Waals surface area contributed by atoms with Gasteiger partial charge in [-0.15, -0.1) is 0 Å². The number of ether oxygens (including phenoxy) is 2. The van der Waals surface area contributed by atoms with Crippen LogP contribution in [0.5, 0.6) is 11.5 Å². The first-order valence-corrected chi connectivity index (χ1v) is 43.3. The van der Waals surface area contributed by atoms with E-state index in [2.05, 4.69) is 80.6 Å². The molecular weight excluding hydrogens is 1870 g/mol.